The van der Waals surface area contributed by atoms with E-state index >= 15 is 0 Å². The Morgan fingerprint density at radius 2 is 1.76 bits per heavy atom. The van der Waals surface area contributed by atoms with Crippen molar-refractivity contribution in [1.29, 1.82) is 0 Å². The van der Waals surface area contributed by atoms with Crippen molar-refractivity contribution in [3.63, 3.8) is 0 Å². The molecule has 34 heavy (non-hydrogen) atoms. The van der Waals surface area contributed by atoms with Crippen molar-refractivity contribution in [3.8, 4) is 5.75 Å². The van der Waals surface area contributed by atoms with Gasteiger partial charge >= 0.3 is 0 Å². The van der Waals surface area contributed by atoms with Gasteiger partial charge in [0.1, 0.15) is 23.2 Å². The summed E-state index contributed by atoms with van der Waals surface area (Å²) in [6.45, 7) is 0.252. The first-order chi connectivity index (χ1) is 16.3. The summed E-state index contributed by atoms with van der Waals surface area (Å²) in [6.07, 6.45) is 1.49. The second kappa shape index (κ2) is 10.7. The Balaban J connectivity index is 1.44. The highest BCUT2D eigenvalue weighted by molar-refractivity contribution is 6.35. The van der Waals surface area contributed by atoms with Crippen molar-refractivity contribution in [3.05, 3.63) is 109 Å². The van der Waals surface area contributed by atoms with E-state index in [0.717, 1.165) is 5.56 Å². The highest BCUT2D eigenvalue weighted by atomic mass is 35.5. The molecule has 4 rings (SSSR count). The largest absolute Gasteiger partial charge is 0.487 e. The molecule has 5 nitrogen and oxygen atoms in total. The van der Waals surface area contributed by atoms with Crippen LogP contribution < -0.4 is 10.1 Å². The van der Waals surface area contributed by atoms with Crippen molar-refractivity contribution in [2.45, 2.75) is 13.2 Å². The number of amides is 1. The highest BCUT2D eigenvalue weighted by Crippen LogP contribution is 2.28. The van der Waals surface area contributed by atoms with Crippen LogP contribution in [0.5, 0.6) is 5.75 Å². The molecular weight excluding hydrogens is 523 g/mol. The van der Waals surface area contributed by atoms with E-state index in [1.54, 1.807) is 42.5 Å². The normalized spacial score (nSPS) is 10.9. The lowest BCUT2D eigenvalue weighted by molar-refractivity contribution is 0.102. The van der Waals surface area contributed by atoms with Gasteiger partial charge < -0.3 is 10.1 Å². The predicted octanol–water partition coefficient (Wildman–Crippen LogP) is 7.52. The first kappa shape index (κ1) is 24.4. The summed E-state index contributed by atoms with van der Waals surface area (Å²) >= 11 is 24.3. The summed E-state index contributed by atoms with van der Waals surface area (Å²) in [5.74, 6) is -0.243. The molecule has 0 saturated carbocycles. The van der Waals surface area contributed by atoms with Crippen LogP contribution in [-0.4, -0.2) is 15.7 Å². The first-order valence-electron chi connectivity index (χ1n) is 9.94. The van der Waals surface area contributed by atoms with E-state index in [1.165, 1.54) is 23.0 Å². The van der Waals surface area contributed by atoms with Crippen LogP contribution in [0.3, 0.4) is 0 Å². The molecule has 1 heterocycles. The quantitative estimate of drug-likeness (QED) is 0.265. The predicted molar refractivity (Wildman–Crippen MR) is 133 cm³/mol. The number of aromatic nitrogens is 2. The minimum Gasteiger partial charge on any atom is -0.487 e. The number of anilines is 1. The van der Waals surface area contributed by atoms with Gasteiger partial charge in [-0.2, -0.15) is 5.10 Å². The number of nitrogens with zero attached hydrogens (tertiary/aromatic N) is 2. The van der Waals surface area contributed by atoms with E-state index in [2.05, 4.69) is 10.4 Å². The van der Waals surface area contributed by atoms with Crippen LogP contribution in [0.2, 0.25) is 20.1 Å². The third-order valence-corrected chi connectivity index (χ3v) is 5.97. The van der Waals surface area contributed by atoms with Crippen LogP contribution >= 0.6 is 46.4 Å². The number of carbonyl (C=O) groups excluding carboxylic acids is 1. The summed E-state index contributed by atoms with van der Waals surface area (Å²) < 4.78 is 21.2. The second-order valence-corrected chi connectivity index (χ2v) is 8.90. The third kappa shape index (κ3) is 5.83. The summed E-state index contributed by atoms with van der Waals surface area (Å²) in [5.41, 5.74) is 1.41. The molecule has 1 N–H and O–H groups in total. The van der Waals surface area contributed by atoms with Crippen molar-refractivity contribution in [2.24, 2.45) is 0 Å². The summed E-state index contributed by atoms with van der Waals surface area (Å²) in [5, 5.41) is 8.30. The van der Waals surface area contributed by atoms with Gasteiger partial charge in [0.2, 0.25) is 0 Å². The minimum absolute atomic E-state index is 0.0567. The molecule has 0 spiro atoms. The molecule has 1 amide bonds. The number of halogens is 5. The van der Waals surface area contributed by atoms with Crippen LogP contribution in [0.15, 0.2) is 66.9 Å². The van der Waals surface area contributed by atoms with Gasteiger partial charge in [-0.25, -0.2) is 4.39 Å². The summed E-state index contributed by atoms with van der Waals surface area (Å²) in [4.78, 5) is 12.8. The molecule has 0 bridgehead atoms. The maximum atomic E-state index is 14.1. The SMILES string of the molecule is O=C(Nc1nn(Cc2c(F)cccc2Cl)cc1Cl)c1cccc(COc2ccc(Cl)cc2Cl)c1. The number of carbonyl (C=O) groups is 1. The van der Waals surface area contributed by atoms with Crippen molar-refractivity contribution in [2.75, 3.05) is 5.32 Å². The highest BCUT2D eigenvalue weighted by Gasteiger charge is 2.15. The Hall–Kier alpha value is -2.77. The van der Waals surface area contributed by atoms with Gasteiger partial charge in [-0.05, 0) is 48.0 Å². The molecular formula is C24H16Cl4FN3O2. The fourth-order valence-corrected chi connectivity index (χ4v) is 4.03. The number of hydrogen-bond donors (Lipinski definition) is 1. The Bertz CT molecular complexity index is 1340. The molecule has 0 radical (unpaired) electrons. The number of rotatable bonds is 7. The van der Waals surface area contributed by atoms with E-state index in [1.807, 2.05) is 6.07 Å². The molecule has 0 unspecified atom stereocenters. The van der Waals surface area contributed by atoms with Crippen LogP contribution in [0, 0.1) is 5.82 Å². The number of benzene rings is 3. The van der Waals surface area contributed by atoms with Gasteiger partial charge in [0, 0.05) is 27.4 Å². The minimum atomic E-state index is -0.455. The van der Waals surface area contributed by atoms with Crippen molar-refractivity contribution in [1.82, 2.24) is 9.78 Å². The molecule has 1 aromatic heterocycles. The zero-order valence-corrected chi connectivity index (χ0v) is 20.4. The molecule has 0 saturated heterocycles. The maximum Gasteiger partial charge on any atom is 0.256 e. The molecule has 10 heteroatoms. The lowest BCUT2D eigenvalue weighted by Crippen LogP contribution is -2.14. The number of ether oxygens (including phenoxy) is 1. The molecule has 0 aliphatic heterocycles. The van der Waals surface area contributed by atoms with E-state index in [9.17, 15) is 9.18 Å². The van der Waals surface area contributed by atoms with E-state index < -0.39 is 11.7 Å². The van der Waals surface area contributed by atoms with E-state index in [0.29, 0.717) is 21.4 Å². The van der Waals surface area contributed by atoms with E-state index in [4.69, 9.17) is 51.1 Å². The molecule has 0 aliphatic carbocycles. The van der Waals surface area contributed by atoms with Crippen LogP contribution in [0.25, 0.3) is 0 Å². The molecule has 174 valence electrons. The Labute approximate surface area is 215 Å². The van der Waals surface area contributed by atoms with Gasteiger partial charge in [-0.3, -0.25) is 9.48 Å². The Morgan fingerprint density at radius 1 is 0.971 bits per heavy atom. The fraction of sp³-hybridized carbons (Fsp3) is 0.0833. The van der Waals surface area contributed by atoms with Crippen LogP contribution in [0.1, 0.15) is 21.5 Å². The molecule has 0 atom stereocenters. The van der Waals surface area contributed by atoms with Crippen LogP contribution in [-0.2, 0) is 13.2 Å². The molecule has 0 fully saturated rings. The molecule has 3 aromatic carbocycles. The fourth-order valence-electron chi connectivity index (χ4n) is 3.14. The zero-order chi connectivity index (χ0) is 24.2. The summed E-state index contributed by atoms with van der Waals surface area (Å²) in [7, 11) is 0. The standard InChI is InChI=1S/C24H16Cl4FN3O2/c25-16-7-8-22(19(27)10-16)34-13-14-3-1-4-15(9-14)24(33)30-23-20(28)12-32(31-23)11-17-18(26)5-2-6-21(17)29/h1-10,12H,11,13H2,(H,30,31,33). The van der Waals surface area contributed by atoms with Gasteiger partial charge in [0.05, 0.1) is 11.6 Å². The second-order valence-electron chi connectivity index (χ2n) is 7.24. The smallest absolute Gasteiger partial charge is 0.256 e. The van der Waals surface area contributed by atoms with Gasteiger partial charge in [-0.1, -0.05) is 64.6 Å². The van der Waals surface area contributed by atoms with Gasteiger partial charge in [0.15, 0.2) is 5.82 Å². The van der Waals surface area contributed by atoms with Crippen molar-refractivity contribution < 1.29 is 13.9 Å². The monoisotopic (exact) mass is 537 g/mol. The van der Waals surface area contributed by atoms with Crippen LogP contribution in [0.4, 0.5) is 10.2 Å². The van der Waals surface area contributed by atoms with Crippen molar-refractivity contribution >= 4 is 58.1 Å². The summed E-state index contributed by atoms with van der Waals surface area (Å²) in [6, 6.07) is 16.2. The topological polar surface area (TPSA) is 56.2 Å². The average molecular weight is 539 g/mol. The third-order valence-electron chi connectivity index (χ3n) is 4.81. The van der Waals surface area contributed by atoms with E-state index in [-0.39, 0.29) is 34.6 Å². The van der Waals surface area contributed by atoms with Gasteiger partial charge in [-0.15, -0.1) is 0 Å². The Kier molecular flexibility index (Phi) is 7.63. The number of nitrogens with one attached hydrogen (secondary N) is 1. The molecule has 0 aliphatic rings. The number of hydrogen-bond acceptors (Lipinski definition) is 3. The first-order valence-corrected chi connectivity index (χ1v) is 11.5. The lowest BCUT2D eigenvalue weighted by Gasteiger charge is -2.10. The average Bonchev–Trinajstić information content (AvgIpc) is 3.14. The van der Waals surface area contributed by atoms with Gasteiger partial charge in [0.25, 0.3) is 5.91 Å². The Morgan fingerprint density at radius 3 is 2.53 bits per heavy atom. The zero-order valence-electron chi connectivity index (χ0n) is 17.4. The molecule has 4 aromatic rings. The maximum absolute atomic E-state index is 14.1. The lowest BCUT2D eigenvalue weighted by atomic mass is 10.1.